The highest BCUT2D eigenvalue weighted by molar-refractivity contribution is 5.76. The maximum absolute atomic E-state index is 12.9. The van der Waals surface area contributed by atoms with E-state index < -0.39 is 6.10 Å². The molecule has 1 aromatic heterocycles. The summed E-state index contributed by atoms with van der Waals surface area (Å²) in [5, 5.41) is 16.9. The van der Waals surface area contributed by atoms with Crippen molar-refractivity contribution in [3.05, 3.63) is 48.3 Å². The summed E-state index contributed by atoms with van der Waals surface area (Å²) in [7, 11) is 0. The normalized spacial score (nSPS) is 13.5. The number of aliphatic hydroxyl groups is 1. The van der Waals surface area contributed by atoms with Crippen molar-refractivity contribution in [2.45, 2.75) is 44.9 Å². The average Bonchev–Trinajstić information content (AvgIpc) is 3.01. The predicted octanol–water partition coefficient (Wildman–Crippen LogP) is 1.83. The van der Waals surface area contributed by atoms with Crippen LogP contribution in [-0.2, 0) is 11.3 Å². The van der Waals surface area contributed by atoms with Crippen molar-refractivity contribution in [2.24, 2.45) is 0 Å². The van der Waals surface area contributed by atoms with Gasteiger partial charge in [0, 0.05) is 19.0 Å². The molecule has 2 rings (SSSR count). The summed E-state index contributed by atoms with van der Waals surface area (Å²) in [5.41, 5.74) is 0.638. The first kappa shape index (κ1) is 17.1. The Labute approximate surface area is 134 Å². The standard InChI is InChI=1S/C16H21FN4O2/c1-12(9-15(22)13-4-6-14(17)7-5-13)20-16(23)3-2-8-21-11-18-10-19-21/h4-7,10-12,15,22H,2-3,8-9H2,1H3,(H,20,23). The van der Waals surface area contributed by atoms with Crippen LogP contribution in [0.15, 0.2) is 36.9 Å². The highest BCUT2D eigenvalue weighted by Gasteiger charge is 2.14. The van der Waals surface area contributed by atoms with Crippen molar-refractivity contribution < 1.29 is 14.3 Å². The average molecular weight is 320 g/mol. The monoisotopic (exact) mass is 320 g/mol. The fourth-order valence-electron chi connectivity index (χ4n) is 2.31. The number of hydrogen-bond acceptors (Lipinski definition) is 4. The topological polar surface area (TPSA) is 80.0 Å². The number of aromatic nitrogens is 3. The fraction of sp³-hybridized carbons (Fsp3) is 0.438. The molecule has 7 heteroatoms. The predicted molar refractivity (Wildman–Crippen MR) is 82.8 cm³/mol. The van der Waals surface area contributed by atoms with Crippen LogP contribution in [0.4, 0.5) is 4.39 Å². The minimum absolute atomic E-state index is 0.0658. The lowest BCUT2D eigenvalue weighted by Crippen LogP contribution is -2.33. The molecule has 2 aromatic rings. The Morgan fingerprint density at radius 1 is 1.39 bits per heavy atom. The molecule has 0 spiro atoms. The Balaban J connectivity index is 1.69. The molecule has 2 unspecified atom stereocenters. The summed E-state index contributed by atoms with van der Waals surface area (Å²) in [4.78, 5) is 15.7. The van der Waals surface area contributed by atoms with Crippen LogP contribution >= 0.6 is 0 Å². The van der Waals surface area contributed by atoms with Crippen molar-refractivity contribution in [1.29, 1.82) is 0 Å². The number of amides is 1. The summed E-state index contributed by atoms with van der Waals surface area (Å²) in [6.45, 7) is 2.47. The summed E-state index contributed by atoms with van der Waals surface area (Å²) in [6.07, 6.45) is 3.76. The summed E-state index contributed by atoms with van der Waals surface area (Å²) >= 11 is 0. The van der Waals surface area contributed by atoms with Crippen LogP contribution in [0, 0.1) is 5.82 Å². The van der Waals surface area contributed by atoms with E-state index in [2.05, 4.69) is 15.4 Å². The number of aryl methyl sites for hydroxylation is 1. The van der Waals surface area contributed by atoms with Crippen LogP contribution in [-0.4, -0.2) is 31.8 Å². The van der Waals surface area contributed by atoms with E-state index in [1.165, 1.54) is 18.5 Å². The number of nitrogens with zero attached hydrogens (tertiary/aromatic N) is 3. The molecule has 0 aliphatic rings. The Morgan fingerprint density at radius 3 is 2.78 bits per heavy atom. The molecule has 1 amide bonds. The van der Waals surface area contributed by atoms with Gasteiger partial charge in [0.2, 0.25) is 5.91 Å². The van der Waals surface area contributed by atoms with E-state index in [0.29, 0.717) is 31.4 Å². The van der Waals surface area contributed by atoms with Crippen LogP contribution in [0.3, 0.4) is 0 Å². The van der Waals surface area contributed by atoms with E-state index in [0.717, 1.165) is 0 Å². The van der Waals surface area contributed by atoms with Crippen LogP contribution in [0.25, 0.3) is 0 Å². The van der Waals surface area contributed by atoms with Gasteiger partial charge in [-0.15, -0.1) is 0 Å². The highest BCUT2D eigenvalue weighted by atomic mass is 19.1. The smallest absolute Gasteiger partial charge is 0.220 e. The van der Waals surface area contributed by atoms with Gasteiger partial charge in [-0.05, 0) is 37.5 Å². The summed E-state index contributed by atoms with van der Waals surface area (Å²) in [5.74, 6) is -0.404. The van der Waals surface area contributed by atoms with Gasteiger partial charge in [-0.2, -0.15) is 5.10 Å². The third-order valence-electron chi connectivity index (χ3n) is 3.50. The first-order valence-corrected chi connectivity index (χ1v) is 7.60. The SMILES string of the molecule is CC(CC(O)c1ccc(F)cc1)NC(=O)CCCn1cncn1. The number of carbonyl (C=O) groups is 1. The molecule has 0 saturated heterocycles. The molecular formula is C16H21FN4O2. The van der Waals surface area contributed by atoms with E-state index in [-0.39, 0.29) is 17.8 Å². The second-order valence-corrected chi connectivity index (χ2v) is 5.53. The quantitative estimate of drug-likeness (QED) is 0.777. The molecule has 0 fully saturated rings. The molecule has 0 aliphatic carbocycles. The number of rotatable bonds is 8. The van der Waals surface area contributed by atoms with Crippen LogP contribution in [0.2, 0.25) is 0 Å². The van der Waals surface area contributed by atoms with Gasteiger partial charge < -0.3 is 10.4 Å². The van der Waals surface area contributed by atoms with Crippen LogP contribution in [0.5, 0.6) is 0 Å². The molecular weight excluding hydrogens is 299 g/mol. The molecule has 124 valence electrons. The zero-order chi connectivity index (χ0) is 16.7. The number of nitrogens with one attached hydrogen (secondary N) is 1. The number of aliphatic hydroxyl groups excluding tert-OH is 1. The van der Waals surface area contributed by atoms with Gasteiger partial charge in [0.15, 0.2) is 0 Å². The number of benzene rings is 1. The molecule has 0 aliphatic heterocycles. The lowest BCUT2D eigenvalue weighted by Gasteiger charge is -2.18. The lowest BCUT2D eigenvalue weighted by atomic mass is 10.0. The van der Waals surface area contributed by atoms with Crippen LogP contribution < -0.4 is 5.32 Å². The second-order valence-electron chi connectivity index (χ2n) is 5.53. The van der Waals surface area contributed by atoms with E-state index in [4.69, 9.17) is 0 Å². The Bertz CT molecular complexity index is 601. The maximum atomic E-state index is 12.9. The van der Waals surface area contributed by atoms with Crippen molar-refractivity contribution in [3.8, 4) is 0 Å². The van der Waals surface area contributed by atoms with Crippen molar-refractivity contribution in [1.82, 2.24) is 20.1 Å². The molecule has 23 heavy (non-hydrogen) atoms. The fourth-order valence-corrected chi connectivity index (χ4v) is 2.31. The van der Waals surface area contributed by atoms with E-state index in [1.807, 2.05) is 6.92 Å². The maximum Gasteiger partial charge on any atom is 0.220 e. The Morgan fingerprint density at radius 2 is 2.13 bits per heavy atom. The van der Waals surface area contributed by atoms with Crippen LogP contribution in [0.1, 0.15) is 37.9 Å². The minimum atomic E-state index is -0.735. The largest absolute Gasteiger partial charge is 0.388 e. The van der Waals surface area contributed by atoms with E-state index in [9.17, 15) is 14.3 Å². The number of hydrogen-bond donors (Lipinski definition) is 2. The summed E-state index contributed by atoms with van der Waals surface area (Å²) in [6, 6.07) is 5.55. The lowest BCUT2D eigenvalue weighted by molar-refractivity contribution is -0.122. The highest BCUT2D eigenvalue weighted by Crippen LogP contribution is 2.18. The van der Waals surface area contributed by atoms with Gasteiger partial charge in [0.25, 0.3) is 0 Å². The molecule has 2 atom stereocenters. The zero-order valence-electron chi connectivity index (χ0n) is 13.0. The van der Waals surface area contributed by atoms with Gasteiger partial charge in [-0.3, -0.25) is 9.48 Å². The van der Waals surface area contributed by atoms with E-state index in [1.54, 1.807) is 23.1 Å². The zero-order valence-corrected chi connectivity index (χ0v) is 13.0. The van der Waals surface area contributed by atoms with Gasteiger partial charge in [0.05, 0.1) is 6.10 Å². The van der Waals surface area contributed by atoms with Crippen molar-refractivity contribution in [3.63, 3.8) is 0 Å². The Hall–Kier alpha value is -2.28. The third kappa shape index (κ3) is 5.78. The molecule has 1 aromatic carbocycles. The van der Waals surface area contributed by atoms with Gasteiger partial charge in [-0.25, -0.2) is 9.37 Å². The molecule has 2 N–H and O–H groups in total. The molecule has 1 heterocycles. The van der Waals surface area contributed by atoms with Crippen molar-refractivity contribution >= 4 is 5.91 Å². The molecule has 0 bridgehead atoms. The first-order valence-electron chi connectivity index (χ1n) is 7.60. The minimum Gasteiger partial charge on any atom is -0.388 e. The molecule has 0 radical (unpaired) electrons. The number of carbonyl (C=O) groups excluding carboxylic acids is 1. The Kier molecular flexibility index (Phi) is 6.22. The third-order valence-corrected chi connectivity index (χ3v) is 3.50. The molecule has 0 saturated carbocycles. The van der Waals surface area contributed by atoms with Gasteiger partial charge in [0.1, 0.15) is 18.5 Å². The first-order chi connectivity index (χ1) is 11.0. The van der Waals surface area contributed by atoms with Gasteiger partial charge >= 0.3 is 0 Å². The van der Waals surface area contributed by atoms with Crippen molar-refractivity contribution in [2.75, 3.05) is 0 Å². The molecule has 6 nitrogen and oxygen atoms in total. The van der Waals surface area contributed by atoms with E-state index >= 15 is 0 Å². The number of halogens is 1. The summed E-state index contributed by atoms with van der Waals surface area (Å²) < 4.78 is 14.5. The second kappa shape index (κ2) is 8.38. The van der Waals surface area contributed by atoms with Gasteiger partial charge in [-0.1, -0.05) is 12.1 Å².